The Morgan fingerprint density at radius 2 is 1.82 bits per heavy atom. The number of aromatic nitrogens is 4. The smallest absolute Gasteiger partial charge is 0.255 e. The van der Waals surface area contributed by atoms with E-state index in [1.54, 1.807) is 18.0 Å². The predicted molar refractivity (Wildman–Crippen MR) is 124 cm³/mol. The molecule has 2 aromatic carbocycles. The van der Waals surface area contributed by atoms with Gasteiger partial charge in [0, 0.05) is 17.2 Å². The maximum absolute atomic E-state index is 13.1. The van der Waals surface area contributed by atoms with Gasteiger partial charge in [0.05, 0.1) is 25.8 Å². The molecule has 0 saturated carbocycles. The molecule has 33 heavy (non-hydrogen) atoms. The van der Waals surface area contributed by atoms with Crippen LogP contribution < -0.4 is 10.1 Å². The number of carbonyl (C=O) groups is 1. The lowest BCUT2D eigenvalue weighted by atomic mass is 9.97. The first-order valence-electron chi connectivity index (χ1n) is 10.7. The van der Waals surface area contributed by atoms with Crippen LogP contribution in [-0.4, -0.2) is 32.9 Å². The fraction of sp³-hybridized carbons (Fsp3) is 0.280. The van der Waals surface area contributed by atoms with Crippen LogP contribution in [0.2, 0.25) is 0 Å². The number of nitrogens with one attached hydrogen (secondary N) is 1. The third-order valence-electron chi connectivity index (χ3n) is 5.07. The van der Waals surface area contributed by atoms with E-state index in [9.17, 15) is 4.79 Å². The van der Waals surface area contributed by atoms with Crippen LogP contribution in [0.15, 0.2) is 65.3 Å². The van der Waals surface area contributed by atoms with E-state index in [0.29, 0.717) is 29.5 Å². The molecular formula is C25H27N5O3. The topological polar surface area (TPSA) is 95.1 Å². The van der Waals surface area contributed by atoms with Crippen molar-refractivity contribution in [1.82, 2.24) is 25.2 Å². The van der Waals surface area contributed by atoms with Crippen molar-refractivity contribution in [3.63, 3.8) is 0 Å². The van der Waals surface area contributed by atoms with Gasteiger partial charge in [-0.2, -0.15) is 10.1 Å². The maximum Gasteiger partial charge on any atom is 0.255 e. The molecule has 2 heterocycles. The third-order valence-corrected chi connectivity index (χ3v) is 5.07. The monoisotopic (exact) mass is 445 g/mol. The number of ether oxygens (including phenoxy) is 1. The Morgan fingerprint density at radius 3 is 2.45 bits per heavy atom. The maximum atomic E-state index is 13.1. The lowest BCUT2D eigenvalue weighted by Crippen LogP contribution is -2.23. The molecule has 0 aliphatic heterocycles. The summed E-state index contributed by atoms with van der Waals surface area (Å²) in [7, 11) is 1.62. The fourth-order valence-corrected chi connectivity index (χ4v) is 3.29. The van der Waals surface area contributed by atoms with Crippen molar-refractivity contribution >= 4 is 5.91 Å². The van der Waals surface area contributed by atoms with E-state index in [4.69, 9.17) is 14.4 Å². The second kappa shape index (κ2) is 9.28. The highest BCUT2D eigenvalue weighted by molar-refractivity contribution is 5.99. The van der Waals surface area contributed by atoms with Crippen molar-refractivity contribution in [2.75, 3.05) is 7.11 Å². The largest absolute Gasteiger partial charge is 0.497 e. The van der Waals surface area contributed by atoms with Crippen LogP contribution in [-0.2, 0) is 18.5 Å². The highest BCUT2D eigenvalue weighted by Gasteiger charge is 2.23. The van der Waals surface area contributed by atoms with Gasteiger partial charge in [0.1, 0.15) is 11.4 Å². The summed E-state index contributed by atoms with van der Waals surface area (Å²) in [4.78, 5) is 17.5. The Kier molecular flexibility index (Phi) is 6.26. The molecule has 0 atom stereocenters. The van der Waals surface area contributed by atoms with Gasteiger partial charge in [-0.1, -0.05) is 56.3 Å². The van der Waals surface area contributed by atoms with Gasteiger partial charge in [-0.25, -0.2) is 0 Å². The minimum absolute atomic E-state index is 0.157. The zero-order valence-corrected chi connectivity index (χ0v) is 19.2. The molecule has 1 amide bonds. The average molecular weight is 446 g/mol. The van der Waals surface area contributed by atoms with E-state index in [0.717, 1.165) is 16.9 Å². The van der Waals surface area contributed by atoms with Crippen LogP contribution in [0.3, 0.4) is 0 Å². The van der Waals surface area contributed by atoms with Gasteiger partial charge in [0.15, 0.2) is 5.82 Å². The van der Waals surface area contributed by atoms with Crippen molar-refractivity contribution in [1.29, 1.82) is 0 Å². The summed E-state index contributed by atoms with van der Waals surface area (Å²) < 4.78 is 12.3. The summed E-state index contributed by atoms with van der Waals surface area (Å²) in [6, 6.07) is 17.5. The van der Waals surface area contributed by atoms with Gasteiger partial charge < -0.3 is 14.6 Å². The standard InChI is InChI=1S/C25H27N5O3/c1-25(2,3)24-27-21(29-33-24)14-26-23(31)20-16-30(15-17-8-6-5-7-9-17)28-22(20)18-10-12-19(32-4)13-11-18/h5-13,16H,14-15H2,1-4H3,(H,26,31). The minimum Gasteiger partial charge on any atom is -0.497 e. The molecule has 0 unspecified atom stereocenters. The van der Waals surface area contributed by atoms with Gasteiger partial charge in [-0.05, 0) is 29.8 Å². The fourth-order valence-electron chi connectivity index (χ4n) is 3.29. The molecule has 2 aromatic heterocycles. The second-order valence-electron chi connectivity index (χ2n) is 8.75. The number of hydrogen-bond donors (Lipinski definition) is 1. The number of amides is 1. The zero-order valence-electron chi connectivity index (χ0n) is 19.2. The number of nitrogens with zero attached hydrogens (tertiary/aromatic N) is 4. The van der Waals surface area contributed by atoms with Gasteiger partial charge in [0.2, 0.25) is 5.89 Å². The number of methoxy groups -OCH3 is 1. The van der Waals surface area contributed by atoms with E-state index in [1.807, 2.05) is 75.4 Å². The van der Waals surface area contributed by atoms with Crippen molar-refractivity contribution in [2.45, 2.75) is 39.3 Å². The third kappa shape index (κ3) is 5.28. The van der Waals surface area contributed by atoms with Crippen LogP contribution in [0, 0.1) is 0 Å². The quantitative estimate of drug-likeness (QED) is 0.458. The van der Waals surface area contributed by atoms with Crippen LogP contribution in [0.5, 0.6) is 5.75 Å². The van der Waals surface area contributed by atoms with Crippen molar-refractivity contribution in [2.24, 2.45) is 0 Å². The molecule has 0 fully saturated rings. The molecule has 8 heteroatoms. The molecule has 8 nitrogen and oxygen atoms in total. The molecule has 0 aliphatic carbocycles. The summed E-state index contributed by atoms with van der Waals surface area (Å²) in [5, 5.41) is 11.6. The molecule has 170 valence electrons. The molecule has 0 spiro atoms. The number of carbonyl (C=O) groups excluding carboxylic acids is 1. The highest BCUT2D eigenvalue weighted by Crippen LogP contribution is 2.25. The average Bonchev–Trinajstić information content (AvgIpc) is 3.46. The van der Waals surface area contributed by atoms with Crippen LogP contribution in [0.4, 0.5) is 0 Å². The van der Waals surface area contributed by atoms with Gasteiger partial charge >= 0.3 is 0 Å². The molecular weight excluding hydrogens is 418 g/mol. The first kappa shape index (κ1) is 22.3. The van der Waals surface area contributed by atoms with E-state index in [1.165, 1.54) is 0 Å². The van der Waals surface area contributed by atoms with E-state index < -0.39 is 0 Å². The molecule has 0 aliphatic rings. The van der Waals surface area contributed by atoms with Crippen molar-refractivity contribution in [3.05, 3.63) is 83.6 Å². The minimum atomic E-state index is -0.262. The Hall–Kier alpha value is -3.94. The molecule has 4 aromatic rings. The summed E-state index contributed by atoms with van der Waals surface area (Å²) in [5.41, 5.74) is 2.72. The molecule has 0 radical (unpaired) electrons. The van der Waals surface area contributed by atoms with Gasteiger partial charge in [-0.3, -0.25) is 9.48 Å². The van der Waals surface area contributed by atoms with Crippen molar-refractivity contribution in [3.8, 4) is 17.0 Å². The number of rotatable bonds is 7. The van der Waals surface area contributed by atoms with Crippen molar-refractivity contribution < 1.29 is 14.1 Å². The SMILES string of the molecule is COc1ccc(-c2nn(Cc3ccccc3)cc2C(=O)NCc2noc(C(C)(C)C)n2)cc1. The number of hydrogen-bond acceptors (Lipinski definition) is 6. The Morgan fingerprint density at radius 1 is 1.09 bits per heavy atom. The molecule has 1 N–H and O–H groups in total. The van der Waals surface area contributed by atoms with Crippen LogP contribution >= 0.6 is 0 Å². The highest BCUT2D eigenvalue weighted by atomic mass is 16.5. The lowest BCUT2D eigenvalue weighted by Gasteiger charge is -2.10. The zero-order chi connectivity index (χ0) is 23.4. The summed E-state index contributed by atoms with van der Waals surface area (Å²) in [5.74, 6) is 1.43. The number of benzene rings is 2. The van der Waals surface area contributed by atoms with E-state index in [2.05, 4.69) is 15.5 Å². The van der Waals surface area contributed by atoms with E-state index in [-0.39, 0.29) is 17.9 Å². The first-order chi connectivity index (χ1) is 15.8. The predicted octanol–water partition coefficient (Wildman–Crippen LogP) is 4.22. The summed E-state index contributed by atoms with van der Waals surface area (Å²) in [6.07, 6.45) is 1.76. The summed E-state index contributed by atoms with van der Waals surface area (Å²) in [6.45, 7) is 6.68. The lowest BCUT2D eigenvalue weighted by molar-refractivity contribution is 0.0950. The normalized spacial score (nSPS) is 11.4. The molecule has 0 bridgehead atoms. The molecule has 0 saturated heterocycles. The Balaban J connectivity index is 1.58. The Bertz CT molecular complexity index is 1220. The van der Waals surface area contributed by atoms with E-state index >= 15 is 0 Å². The first-order valence-corrected chi connectivity index (χ1v) is 10.7. The van der Waals surface area contributed by atoms with Gasteiger partial charge in [0.25, 0.3) is 5.91 Å². The van der Waals surface area contributed by atoms with Gasteiger partial charge in [-0.15, -0.1) is 0 Å². The Labute approximate surface area is 192 Å². The van der Waals surface area contributed by atoms with Crippen LogP contribution in [0.1, 0.15) is 48.4 Å². The molecule has 4 rings (SSSR count). The summed E-state index contributed by atoms with van der Waals surface area (Å²) >= 11 is 0. The second-order valence-corrected chi connectivity index (χ2v) is 8.75. The van der Waals surface area contributed by atoms with Crippen LogP contribution in [0.25, 0.3) is 11.3 Å².